The van der Waals surface area contributed by atoms with E-state index in [0.29, 0.717) is 25.1 Å². The Bertz CT molecular complexity index is 1610. The van der Waals surface area contributed by atoms with Gasteiger partial charge in [0.25, 0.3) is 5.91 Å². The normalized spacial score (nSPS) is 15.7. The van der Waals surface area contributed by atoms with E-state index in [1.807, 2.05) is 43.9 Å². The van der Waals surface area contributed by atoms with Gasteiger partial charge in [0, 0.05) is 29.4 Å². The second-order valence-electron chi connectivity index (χ2n) is 12.0. The van der Waals surface area contributed by atoms with Gasteiger partial charge in [0.1, 0.15) is 5.60 Å². The van der Waals surface area contributed by atoms with Crippen LogP contribution in [0.25, 0.3) is 26.8 Å². The van der Waals surface area contributed by atoms with Gasteiger partial charge in [-0.05, 0) is 90.8 Å². The first-order chi connectivity index (χ1) is 19.8. The van der Waals surface area contributed by atoms with Crippen molar-refractivity contribution in [3.05, 3.63) is 101 Å². The van der Waals surface area contributed by atoms with E-state index in [9.17, 15) is 9.59 Å². The minimum Gasteiger partial charge on any atom is -0.444 e. The van der Waals surface area contributed by atoms with Crippen LogP contribution in [0.5, 0.6) is 0 Å². The average molecular weight is 565 g/mol. The molecule has 41 heavy (non-hydrogen) atoms. The van der Waals surface area contributed by atoms with Crippen molar-refractivity contribution in [1.29, 1.82) is 0 Å². The minimum absolute atomic E-state index is 0.0242. The molecule has 5 nitrogen and oxygen atoms in total. The first kappa shape index (κ1) is 27.3. The number of hydrogen-bond donors (Lipinski definition) is 0. The highest BCUT2D eigenvalue weighted by molar-refractivity contribution is 7.17. The third kappa shape index (κ3) is 6.08. The smallest absolute Gasteiger partial charge is 0.410 e. The highest BCUT2D eigenvalue weighted by atomic mass is 32.1. The number of carbonyl (C=O) groups is 2. The highest BCUT2D eigenvalue weighted by Crippen LogP contribution is 2.37. The fraction of sp³-hybridized carbons (Fsp3) is 0.314. The van der Waals surface area contributed by atoms with Gasteiger partial charge in [0.2, 0.25) is 0 Å². The molecule has 2 amide bonds. The maximum absolute atomic E-state index is 14.5. The molecule has 1 aromatic heterocycles. The van der Waals surface area contributed by atoms with Crippen molar-refractivity contribution >= 4 is 39.0 Å². The average Bonchev–Trinajstić information content (AvgIpc) is 3.74. The van der Waals surface area contributed by atoms with E-state index < -0.39 is 5.60 Å². The molecule has 4 aromatic rings. The van der Waals surface area contributed by atoms with E-state index in [0.717, 1.165) is 35.1 Å². The maximum atomic E-state index is 14.5. The van der Waals surface area contributed by atoms with Crippen LogP contribution in [0.1, 0.15) is 51.2 Å². The molecule has 0 radical (unpaired) electrons. The van der Waals surface area contributed by atoms with Crippen molar-refractivity contribution in [2.24, 2.45) is 0 Å². The van der Waals surface area contributed by atoms with Gasteiger partial charge in [-0.2, -0.15) is 0 Å². The Morgan fingerprint density at radius 1 is 0.927 bits per heavy atom. The van der Waals surface area contributed by atoms with Crippen molar-refractivity contribution in [2.45, 2.75) is 58.2 Å². The quantitative estimate of drug-likeness (QED) is 0.237. The van der Waals surface area contributed by atoms with E-state index in [2.05, 4.69) is 66.0 Å². The van der Waals surface area contributed by atoms with Crippen LogP contribution in [-0.2, 0) is 16.1 Å². The molecule has 0 unspecified atom stereocenters. The summed E-state index contributed by atoms with van der Waals surface area (Å²) < 4.78 is 6.95. The van der Waals surface area contributed by atoms with Gasteiger partial charge in [0.15, 0.2) is 0 Å². The zero-order valence-electron chi connectivity index (χ0n) is 23.9. The monoisotopic (exact) mass is 564 g/mol. The fourth-order valence-electron chi connectivity index (χ4n) is 5.54. The van der Waals surface area contributed by atoms with Gasteiger partial charge in [-0.15, -0.1) is 11.3 Å². The van der Waals surface area contributed by atoms with Gasteiger partial charge in [0.05, 0.1) is 6.54 Å². The van der Waals surface area contributed by atoms with Crippen LogP contribution in [0.15, 0.2) is 89.8 Å². The largest absolute Gasteiger partial charge is 0.444 e. The zero-order chi connectivity index (χ0) is 28.6. The molecule has 1 aliphatic heterocycles. The lowest BCUT2D eigenvalue weighted by atomic mass is 9.90. The van der Waals surface area contributed by atoms with Crippen LogP contribution in [0, 0.1) is 0 Å². The maximum Gasteiger partial charge on any atom is 0.410 e. The number of nitrogens with zero attached hydrogens (tertiary/aromatic N) is 2. The molecule has 1 aliphatic carbocycles. The minimum atomic E-state index is -0.602. The molecule has 1 fully saturated rings. The molecule has 210 valence electrons. The molecule has 3 aromatic carbocycles. The number of fused-ring (bicyclic) bond motifs is 1. The van der Waals surface area contributed by atoms with Crippen LogP contribution < -0.4 is 0 Å². The number of ether oxygens (including phenoxy) is 1. The van der Waals surface area contributed by atoms with Gasteiger partial charge in [-0.3, -0.25) is 4.79 Å². The summed E-state index contributed by atoms with van der Waals surface area (Å²) >= 11 is 1.72. The molecule has 0 atom stereocenters. The third-order valence-corrected chi connectivity index (χ3v) is 8.74. The Labute approximate surface area is 246 Å². The molecule has 6 heteroatoms. The van der Waals surface area contributed by atoms with Crippen molar-refractivity contribution in [1.82, 2.24) is 9.80 Å². The number of benzene rings is 3. The Morgan fingerprint density at radius 3 is 2.39 bits per heavy atom. The number of amides is 2. The van der Waals surface area contributed by atoms with E-state index >= 15 is 0 Å². The lowest BCUT2D eigenvalue weighted by molar-refractivity contribution is -0.128. The Morgan fingerprint density at radius 2 is 1.63 bits per heavy atom. The van der Waals surface area contributed by atoms with E-state index in [1.54, 1.807) is 16.2 Å². The number of hydrogen-bond acceptors (Lipinski definition) is 4. The summed E-state index contributed by atoms with van der Waals surface area (Å²) in [5.41, 5.74) is 5.58. The first-order valence-corrected chi connectivity index (χ1v) is 15.3. The summed E-state index contributed by atoms with van der Waals surface area (Å²) in [6, 6.07) is 27.3. The Kier molecular flexibility index (Phi) is 7.43. The molecule has 0 saturated heterocycles. The van der Waals surface area contributed by atoms with E-state index in [4.69, 9.17) is 4.74 Å². The summed E-state index contributed by atoms with van der Waals surface area (Å²) in [6.07, 6.45) is 2.24. The van der Waals surface area contributed by atoms with Crippen LogP contribution in [0.4, 0.5) is 4.79 Å². The molecule has 2 aliphatic rings. The zero-order valence-corrected chi connectivity index (χ0v) is 24.7. The van der Waals surface area contributed by atoms with Gasteiger partial charge in [-0.1, -0.05) is 66.7 Å². The summed E-state index contributed by atoms with van der Waals surface area (Å²) in [5.74, 6) is 0.0242. The lowest BCUT2D eigenvalue weighted by Crippen LogP contribution is -2.44. The van der Waals surface area contributed by atoms with Crippen molar-refractivity contribution in [2.75, 3.05) is 13.1 Å². The molecular formula is C35H36N2O3S. The van der Waals surface area contributed by atoms with E-state index in [-0.39, 0.29) is 24.6 Å². The van der Waals surface area contributed by atoms with Crippen LogP contribution >= 0.6 is 11.3 Å². The number of rotatable bonds is 6. The second kappa shape index (κ2) is 11.2. The van der Waals surface area contributed by atoms with Gasteiger partial charge in [-0.25, -0.2) is 4.79 Å². The summed E-state index contributed by atoms with van der Waals surface area (Å²) in [6.45, 7) is 6.94. The van der Waals surface area contributed by atoms with Gasteiger partial charge >= 0.3 is 6.09 Å². The molecule has 1 saturated carbocycles. The first-order valence-electron chi connectivity index (χ1n) is 14.4. The topological polar surface area (TPSA) is 49.9 Å². The SMILES string of the molecule is CC(C)(C)OC(=O)N1CCC(c2cccc(-c3ccccc3)c2)=C(C(=O)N(Cc2csc3ccccc23)C2CC2)C1. The lowest BCUT2D eigenvalue weighted by Gasteiger charge is -2.34. The van der Waals surface area contributed by atoms with Crippen molar-refractivity contribution in [3.8, 4) is 11.1 Å². The molecule has 0 N–H and O–H groups in total. The standard InChI is InChI=1S/C35H36N2O3S/c1-35(2,3)40-34(39)36-19-18-29(26-13-9-12-25(20-26)24-10-5-4-6-11-24)31(22-36)33(38)37(28-16-17-28)21-27-23-41-32-15-8-7-14-30(27)32/h4-15,20,23,28H,16-19,21-22H2,1-3H3. The summed E-state index contributed by atoms with van der Waals surface area (Å²) in [4.78, 5) is 31.4. The highest BCUT2D eigenvalue weighted by Gasteiger charge is 2.38. The van der Waals surface area contributed by atoms with Gasteiger partial charge < -0.3 is 14.5 Å². The molecule has 0 bridgehead atoms. The second-order valence-corrected chi connectivity index (χ2v) is 12.9. The Balaban J connectivity index is 1.38. The predicted molar refractivity (Wildman–Crippen MR) is 167 cm³/mol. The number of carbonyl (C=O) groups excluding carboxylic acids is 2. The van der Waals surface area contributed by atoms with Crippen LogP contribution in [0.3, 0.4) is 0 Å². The summed E-state index contributed by atoms with van der Waals surface area (Å²) in [7, 11) is 0. The molecule has 0 spiro atoms. The van der Waals surface area contributed by atoms with Crippen molar-refractivity contribution < 1.29 is 14.3 Å². The predicted octanol–water partition coefficient (Wildman–Crippen LogP) is 8.15. The summed E-state index contributed by atoms with van der Waals surface area (Å²) in [5, 5.41) is 3.39. The number of thiophene rings is 1. The fourth-order valence-corrected chi connectivity index (χ4v) is 6.50. The molecule has 6 rings (SSSR count). The molecule has 2 heterocycles. The third-order valence-electron chi connectivity index (χ3n) is 7.72. The van der Waals surface area contributed by atoms with Crippen molar-refractivity contribution in [3.63, 3.8) is 0 Å². The Hall–Kier alpha value is -3.90. The molecular weight excluding hydrogens is 528 g/mol. The van der Waals surface area contributed by atoms with Crippen LogP contribution in [0.2, 0.25) is 0 Å². The van der Waals surface area contributed by atoms with E-state index in [1.165, 1.54) is 15.6 Å². The van der Waals surface area contributed by atoms with Crippen LogP contribution in [-0.4, -0.2) is 46.5 Å².